The fourth-order valence-electron chi connectivity index (χ4n) is 1.10. The highest BCUT2D eigenvalue weighted by Crippen LogP contribution is 1.93. The Hall–Kier alpha value is -1.78. The van der Waals surface area contributed by atoms with Crippen LogP contribution in [0.4, 0.5) is 5.82 Å². The van der Waals surface area contributed by atoms with Gasteiger partial charge in [-0.1, -0.05) is 25.5 Å². The van der Waals surface area contributed by atoms with Crippen molar-refractivity contribution < 1.29 is 0 Å². The molecule has 0 aliphatic carbocycles. The number of nitrogens with one attached hydrogen (secondary N) is 3. The van der Waals surface area contributed by atoms with Gasteiger partial charge in [-0.3, -0.25) is 14.8 Å². The number of allylic oxidation sites excluding steroid dienone is 1. The Bertz CT molecular complexity index is 403. The molecular weight excluding hydrogens is 194 g/mol. The third-order valence-corrected chi connectivity index (χ3v) is 1.79. The van der Waals surface area contributed by atoms with Crippen LogP contribution in [0.25, 0.3) is 0 Å². The van der Waals surface area contributed by atoms with Gasteiger partial charge in [-0.2, -0.15) is 0 Å². The monoisotopic (exact) mass is 209 g/mol. The number of H-pyrrole nitrogens is 2. The van der Waals surface area contributed by atoms with Gasteiger partial charge in [-0.25, -0.2) is 4.79 Å². The number of aromatic amines is 2. The van der Waals surface area contributed by atoms with Crippen molar-refractivity contribution in [2.75, 3.05) is 11.9 Å². The summed E-state index contributed by atoms with van der Waals surface area (Å²) < 4.78 is 0. The lowest BCUT2D eigenvalue weighted by Crippen LogP contribution is -2.22. The first-order chi connectivity index (χ1) is 7.22. The van der Waals surface area contributed by atoms with Gasteiger partial charge in [0, 0.05) is 12.6 Å². The lowest BCUT2D eigenvalue weighted by molar-refractivity contribution is 0.954. The number of hydrogen-bond donors (Lipinski definition) is 3. The van der Waals surface area contributed by atoms with E-state index < -0.39 is 11.2 Å². The minimum atomic E-state index is -0.498. The second kappa shape index (κ2) is 5.85. The molecular formula is C10H15N3O2. The first kappa shape index (κ1) is 11.3. The second-order valence-corrected chi connectivity index (χ2v) is 3.14. The highest BCUT2D eigenvalue weighted by atomic mass is 16.2. The van der Waals surface area contributed by atoms with E-state index in [1.54, 1.807) is 0 Å². The van der Waals surface area contributed by atoms with Gasteiger partial charge in [-0.05, 0) is 6.42 Å². The maximum Gasteiger partial charge on any atom is 0.327 e. The van der Waals surface area contributed by atoms with E-state index in [4.69, 9.17) is 0 Å². The van der Waals surface area contributed by atoms with Crippen molar-refractivity contribution in [2.24, 2.45) is 0 Å². The normalized spacial score (nSPS) is 10.7. The van der Waals surface area contributed by atoms with Crippen LogP contribution < -0.4 is 16.6 Å². The molecule has 0 saturated heterocycles. The van der Waals surface area contributed by atoms with Crippen LogP contribution in [0.1, 0.15) is 19.8 Å². The molecule has 1 heterocycles. The maximum absolute atomic E-state index is 10.9. The van der Waals surface area contributed by atoms with Gasteiger partial charge in [0.1, 0.15) is 5.82 Å². The van der Waals surface area contributed by atoms with Crippen LogP contribution in [-0.4, -0.2) is 16.5 Å². The minimum absolute atomic E-state index is 0.404. The summed E-state index contributed by atoms with van der Waals surface area (Å²) in [6.45, 7) is 2.70. The number of aromatic nitrogens is 2. The van der Waals surface area contributed by atoms with Gasteiger partial charge in [0.15, 0.2) is 0 Å². The zero-order valence-electron chi connectivity index (χ0n) is 8.67. The Balaban J connectivity index is 2.51. The molecule has 0 amide bonds. The molecule has 0 aliphatic heterocycles. The van der Waals surface area contributed by atoms with Crippen LogP contribution in [0.2, 0.25) is 0 Å². The summed E-state index contributed by atoms with van der Waals surface area (Å²) in [5, 5.41) is 2.92. The molecule has 0 spiro atoms. The van der Waals surface area contributed by atoms with Gasteiger partial charge >= 0.3 is 5.69 Å². The number of hydrogen-bond acceptors (Lipinski definition) is 3. The zero-order valence-corrected chi connectivity index (χ0v) is 8.67. The highest BCUT2D eigenvalue weighted by molar-refractivity contribution is 5.32. The summed E-state index contributed by atoms with van der Waals surface area (Å²) in [5.74, 6) is 0.435. The zero-order chi connectivity index (χ0) is 11.1. The molecule has 0 atom stereocenters. The van der Waals surface area contributed by atoms with Crippen molar-refractivity contribution in [2.45, 2.75) is 19.8 Å². The van der Waals surface area contributed by atoms with E-state index in [-0.39, 0.29) is 0 Å². The fourth-order valence-corrected chi connectivity index (χ4v) is 1.10. The van der Waals surface area contributed by atoms with Gasteiger partial charge in [0.2, 0.25) is 0 Å². The Labute approximate surface area is 87.2 Å². The van der Waals surface area contributed by atoms with Crippen LogP contribution in [-0.2, 0) is 0 Å². The Morgan fingerprint density at radius 2 is 2.13 bits per heavy atom. The molecule has 15 heavy (non-hydrogen) atoms. The fraction of sp³-hybridized carbons (Fsp3) is 0.400. The highest BCUT2D eigenvalue weighted by Gasteiger charge is 1.92. The molecule has 1 rings (SSSR count). The first-order valence-electron chi connectivity index (χ1n) is 4.95. The smallest absolute Gasteiger partial charge is 0.327 e. The van der Waals surface area contributed by atoms with E-state index in [2.05, 4.69) is 28.3 Å². The molecule has 5 nitrogen and oxygen atoms in total. The summed E-state index contributed by atoms with van der Waals surface area (Å²) in [4.78, 5) is 26.4. The number of rotatable bonds is 5. The summed E-state index contributed by atoms with van der Waals surface area (Å²) in [6, 6.07) is 1.31. The summed E-state index contributed by atoms with van der Waals surface area (Å²) >= 11 is 0. The van der Waals surface area contributed by atoms with E-state index in [9.17, 15) is 9.59 Å². The van der Waals surface area contributed by atoms with Crippen molar-refractivity contribution in [1.29, 1.82) is 0 Å². The molecule has 0 unspecified atom stereocenters. The molecule has 5 heteroatoms. The Morgan fingerprint density at radius 3 is 2.80 bits per heavy atom. The predicted octanol–water partition coefficient (Wildman–Crippen LogP) is 0.831. The van der Waals surface area contributed by atoms with Crippen LogP contribution in [0, 0.1) is 0 Å². The van der Waals surface area contributed by atoms with Gasteiger partial charge in [0.05, 0.1) is 0 Å². The van der Waals surface area contributed by atoms with E-state index in [1.165, 1.54) is 6.07 Å². The van der Waals surface area contributed by atoms with Crippen LogP contribution in [0.3, 0.4) is 0 Å². The number of anilines is 1. The standard InChI is InChI=1S/C10H15N3O2/c1-2-3-4-5-6-11-8-7-9(14)13-10(15)12-8/h4-5,7H,2-3,6H2,1H3,(H3,11,12,13,14,15)/b5-4+. The molecule has 0 radical (unpaired) electrons. The van der Waals surface area contributed by atoms with Crippen molar-refractivity contribution >= 4 is 5.82 Å². The van der Waals surface area contributed by atoms with E-state index in [0.29, 0.717) is 12.4 Å². The topological polar surface area (TPSA) is 77.8 Å². The molecule has 0 aliphatic rings. The Morgan fingerprint density at radius 1 is 1.33 bits per heavy atom. The lowest BCUT2D eigenvalue weighted by Gasteiger charge is -2.00. The molecule has 1 aromatic heterocycles. The minimum Gasteiger partial charge on any atom is -0.368 e. The SMILES string of the molecule is CCC/C=C/CNc1cc(=O)[nH]c(=O)[nH]1. The van der Waals surface area contributed by atoms with E-state index in [0.717, 1.165) is 12.8 Å². The molecule has 3 N–H and O–H groups in total. The Kier molecular flexibility index (Phi) is 4.40. The van der Waals surface area contributed by atoms with Crippen molar-refractivity contribution in [3.8, 4) is 0 Å². The van der Waals surface area contributed by atoms with Crippen molar-refractivity contribution in [3.63, 3.8) is 0 Å². The summed E-state index contributed by atoms with van der Waals surface area (Å²) in [6.07, 6.45) is 6.16. The quantitative estimate of drug-likeness (QED) is 0.628. The van der Waals surface area contributed by atoms with Crippen molar-refractivity contribution in [3.05, 3.63) is 39.1 Å². The first-order valence-corrected chi connectivity index (χ1v) is 4.95. The van der Waals surface area contributed by atoms with E-state index >= 15 is 0 Å². The summed E-state index contributed by atoms with van der Waals surface area (Å²) in [5.41, 5.74) is -0.902. The van der Waals surface area contributed by atoms with Crippen LogP contribution >= 0.6 is 0 Å². The largest absolute Gasteiger partial charge is 0.368 e. The molecule has 0 saturated carbocycles. The van der Waals surface area contributed by atoms with Crippen LogP contribution in [0.15, 0.2) is 27.8 Å². The third-order valence-electron chi connectivity index (χ3n) is 1.79. The predicted molar refractivity (Wildman–Crippen MR) is 60.2 cm³/mol. The molecule has 0 aromatic carbocycles. The van der Waals surface area contributed by atoms with Crippen molar-refractivity contribution in [1.82, 2.24) is 9.97 Å². The number of unbranched alkanes of at least 4 members (excludes halogenated alkanes) is 1. The average Bonchev–Trinajstić information content (AvgIpc) is 2.16. The van der Waals surface area contributed by atoms with E-state index in [1.807, 2.05) is 6.08 Å². The average molecular weight is 209 g/mol. The lowest BCUT2D eigenvalue weighted by atomic mass is 10.3. The van der Waals surface area contributed by atoms with Gasteiger partial charge < -0.3 is 5.32 Å². The van der Waals surface area contributed by atoms with Gasteiger partial charge in [0.25, 0.3) is 5.56 Å². The maximum atomic E-state index is 10.9. The molecule has 0 fully saturated rings. The van der Waals surface area contributed by atoms with Crippen LogP contribution in [0.5, 0.6) is 0 Å². The molecule has 82 valence electrons. The molecule has 1 aromatic rings. The second-order valence-electron chi connectivity index (χ2n) is 3.14. The molecule has 0 bridgehead atoms. The third kappa shape index (κ3) is 4.30. The van der Waals surface area contributed by atoms with Gasteiger partial charge in [-0.15, -0.1) is 0 Å². The summed E-state index contributed by atoms with van der Waals surface area (Å²) in [7, 11) is 0.